The second-order valence-corrected chi connectivity index (χ2v) is 2.34. The number of hydrogen-bond acceptors (Lipinski definition) is 3. The summed E-state index contributed by atoms with van der Waals surface area (Å²) in [5.74, 6) is 0. The van der Waals surface area contributed by atoms with Crippen molar-refractivity contribution in [2.45, 2.75) is 0 Å². The predicted octanol–water partition coefficient (Wildman–Crippen LogP) is -0.163. The number of aromatic nitrogens is 2. The maximum atomic E-state index is 10.2. The summed E-state index contributed by atoms with van der Waals surface area (Å²) < 4.78 is 10.2. The Labute approximate surface area is 52.5 Å². The second kappa shape index (κ2) is 2.62. The third-order valence-corrected chi connectivity index (χ3v) is 1.37. The lowest BCUT2D eigenvalue weighted by Gasteiger charge is -1.76. The smallest absolute Gasteiger partial charge is 0.256 e. The highest BCUT2D eigenvalue weighted by Gasteiger charge is 2.16. The van der Waals surface area contributed by atoms with Crippen molar-refractivity contribution in [2.24, 2.45) is 0 Å². The van der Waals surface area contributed by atoms with E-state index in [1.165, 1.54) is 18.6 Å². The molecule has 0 bridgehead atoms. The van der Waals surface area contributed by atoms with Gasteiger partial charge in [0.25, 0.3) is 0 Å². The van der Waals surface area contributed by atoms with E-state index in [4.69, 9.17) is 4.89 Å². The normalized spacial score (nSPS) is 11.0. The average Bonchev–Trinajstić information content (AvgIpc) is 1.90. The molecule has 1 N–H and O–H groups in total. The molecule has 0 saturated carbocycles. The van der Waals surface area contributed by atoms with Crippen molar-refractivity contribution < 1.29 is 9.46 Å². The van der Waals surface area contributed by atoms with E-state index < -0.39 is 8.03 Å². The quantitative estimate of drug-likeness (QED) is 0.554. The van der Waals surface area contributed by atoms with Gasteiger partial charge in [-0.1, -0.05) is 0 Å². The minimum atomic E-state index is -2.32. The van der Waals surface area contributed by atoms with Gasteiger partial charge in [0.1, 0.15) is 6.20 Å². The molecule has 0 amide bonds. The van der Waals surface area contributed by atoms with Gasteiger partial charge in [0.15, 0.2) is 0 Å². The second-order valence-electron chi connectivity index (χ2n) is 1.34. The van der Waals surface area contributed by atoms with E-state index in [9.17, 15) is 4.57 Å². The third kappa shape index (κ3) is 1.52. The van der Waals surface area contributed by atoms with Crippen molar-refractivity contribution in [3.63, 3.8) is 0 Å². The van der Waals surface area contributed by atoms with Gasteiger partial charge in [0, 0.05) is 6.20 Å². The Bertz CT molecular complexity index is 213. The van der Waals surface area contributed by atoms with E-state index in [0.29, 0.717) is 0 Å². The van der Waals surface area contributed by atoms with Crippen LogP contribution >= 0.6 is 8.03 Å². The molecule has 0 aliphatic heterocycles. The molecule has 1 unspecified atom stereocenters. The zero-order chi connectivity index (χ0) is 6.69. The van der Waals surface area contributed by atoms with Gasteiger partial charge in [-0.3, -0.25) is 4.98 Å². The summed E-state index contributed by atoms with van der Waals surface area (Å²) in [6.07, 6.45) is 4.08. The van der Waals surface area contributed by atoms with Gasteiger partial charge in [0.2, 0.25) is 0 Å². The lowest BCUT2D eigenvalue weighted by molar-refractivity contribution is 0.512. The van der Waals surface area contributed by atoms with E-state index in [2.05, 4.69) is 9.97 Å². The molecule has 1 aromatic rings. The molecule has 4 nitrogen and oxygen atoms in total. The maximum Gasteiger partial charge on any atom is 0.568 e. The highest BCUT2D eigenvalue weighted by Crippen LogP contribution is 2.07. The summed E-state index contributed by atoms with van der Waals surface area (Å²) in [5, 5.41) is 0. The fraction of sp³-hybridized carbons (Fsp3) is 0. The van der Waals surface area contributed by atoms with Crippen LogP contribution in [0.4, 0.5) is 0 Å². The highest BCUT2D eigenvalue weighted by atomic mass is 31.1. The minimum absolute atomic E-state index is 0.118. The molecular formula is C4H4N2O2P+. The van der Waals surface area contributed by atoms with Crippen LogP contribution in [0.1, 0.15) is 0 Å². The van der Waals surface area contributed by atoms with E-state index >= 15 is 0 Å². The summed E-state index contributed by atoms with van der Waals surface area (Å²) >= 11 is 0. The number of hydrogen-bond donors (Lipinski definition) is 1. The van der Waals surface area contributed by atoms with Gasteiger partial charge in [-0.2, -0.15) is 4.89 Å². The summed E-state index contributed by atoms with van der Waals surface area (Å²) in [7, 11) is -2.32. The maximum absolute atomic E-state index is 10.2. The molecule has 0 aliphatic carbocycles. The van der Waals surface area contributed by atoms with Gasteiger partial charge in [-0.15, -0.1) is 0 Å². The Morgan fingerprint density at radius 1 is 1.56 bits per heavy atom. The molecule has 5 heteroatoms. The monoisotopic (exact) mass is 143 g/mol. The molecule has 0 fully saturated rings. The van der Waals surface area contributed by atoms with Crippen LogP contribution in [0.15, 0.2) is 18.6 Å². The van der Waals surface area contributed by atoms with Gasteiger partial charge in [-0.25, -0.2) is 4.98 Å². The van der Waals surface area contributed by atoms with E-state index in [0.717, 1.165) is 0 Å². The fourth-order valence-electron chi connectivity index (χ4n) is 0.390. The number of nitrogens with zero attached hydrogens (tertiary/aromatic N) is 2. The molecule has 1 rings (SSSR count). The Kier molecular flexibility index (Phi) is 1.82. The van der Waals surface area contributed by atoms with Crippen LogP contribution in [-0.2, 0) is 4.57 Å². The molecule has 9 heavy (non-hydrogen) atoms. The van der Waals surface area contributed by atoms with E-state index in [1.54, 1.807) is 0 Å². The standard InChI is InChI=1S/C4H3N2O2P/c7-9(8)4-3-5-1-2-6-4/h1-3H/p+1. The topological polar surface area (TPSA) is 63.1 Å². The van der Waals surface area contributed by atoms with Crippen LogP contribution in [0.25, 0.3) is 0 Å². The molecule has 0 radical (unpaired) electrons. The highest BCUT2D eigenvalue weighted by molar-refractivity contribution is 7.46. The first-order valence-corrected chi connectivity index (χ1v) is 3.44. The fourth-order valence-corrected chi connectivity index (χ4v) is 0.721. The molecular weight excluding hydrogens is 139 g/mol. The summed E-state index contributed by atoms with van der Waals surface area (Å²) in [6, 6.07) is 0. The largest absolute Gasteiger partial charge is 0.568 e. The van der Waals surface area contributed by atoms with Crippen LogP contribution in [0, 0.1) is 0 Å². The van der Waals surface area contributed by atoms with Gasteiger partial charge in [0.05, 0.1) is 6.20 Å². The SMILES string of the molecule is O=[P+](O)c1cnccn1. The van der Waals surface area contributed by atoms with E-state index in [1.807, 2.05) is 0 Å². The molecule has 0 spiro atoms. The van der Waals surface area contributed by atoms with Crippen molar-refractivity contribution in [2.75, 3.05) is 0 Å². The van der Waals surface area contributed by atoms with Crippen molar-refractivity contribution >= 4 is 13.5 Å². The van der Waals surface area contributed by atoms with Crippen molar-refractivity contribution in [1.82, 2.24) is 9.97 Å². The zero-order valence-corrected chi connectivity index (χ0v) is 5.32. The predicted molar refractivity (Wildman–Crippen MR) is 31.5 cm³/mol. The lowest BCUT2D eigenvalue weighted by atomic mass is 10.8. The molecule has 1 aromatic heterocycles. The first kappa shape index (κ1) is 6.26. The van der Waals surface area contributed by atoms with Crippen molar-refractivity contribution in [3.8, 4) is 0 Å². The Hall–Kier alpha value is -0.860. The van der Waals surface area contributed by atoms with Gasteiger partial charge < -0.3 is 0 Å². The van der Waals surface area contributed by atoms with Crippen LogP contribution in [-0.4, -0.2) is 14.9 Å². The van der Waals surface area contributed by atoms with Crippen LogP contribution in [0.3, 0.4) is 0 Å². The van der Waals surface area contributed by atoms with Crippen LogP contribution in [0.2, 0.25) is 0 Å². The Morgan fingerprint density at radius 3 is 2.67 bits per heavy atom. The lowest BCUT2D eigenvalue weighted by Crippen LogP contribution is -2.00. The van der Waals surface area contributed by atoms with Gasteiger partial charge in [-0.05, 0) is 4.57 Å². The minimum Gasteiger partial charge on any atom is -0.256 e. The molecule has 1 heterocycles. The summed E-state index contributed by atoms with van der Waals surface area (Å²) in [6.45, 7) is 0. The van der Waals surface area contributed by atoms with Crippen molar-refractivity contribution in [1.29, 1.82) is 0 Å². The Morgan fingerprint density at radius 2 is 2.33 bits per heavy atom. The van der Waals surface area contributed by atoms with Crippen LogP contribution in [0.5, 0.6) is 0 Å². The van der Waals surface area contributed by atoms with Crippen molar-refractivity contribution in [3.05, 3.63) is 18.6 Å². The average molecular weight is 143 g/mol. The molecule has 46 valence electrons. The van der Waals surface area contributed by atoms with Crippen LogP contribution < -0.4 is 5.44 Å². The molecule has 1 atom stereocenters. The molecule has 0 aromatic carbocycles. The first-order chi connectivity index (χ1) is 4.30. The van der Waals surface area contributed by atoms with Gasteiger partial charge >= 0.3 is 13.5 Å². The summed E-state index contributed by atoms with van der Waals surface area (Å²) in [5.41, 5.74) is 0.118. The molecule has 0 aliphatic rings. The van der Waals surface area contributed by atoms with E-state index in [-0.39, 0.29) is 5.44 Å². The Balaban J connectivity index is 2.98. The summed E-state index contributed by atoms with van der Waals surface area (Å²) in [4.78, 5) is 15.6. The third-order valence-electron chi connectivity index (χ3n) is 0.746. The molecule has 0 saturated heterocycles. The number of rotatable bonds is 1. The first-order valence-electron chi connectivity index (χ1n) is 2.23. The zero-order valence-electron chi connectivity index (χ0n) is 4.43.